The first-order valence-corrected chi connectivity index (χ1v) is 8.18. The van der Waals surface area contributed by atoms with E-state index >= 15 is 0 Å². The minimum absolute atomic E-state index is 0.00697. The molecule has 0 fully saturated rings. The number of halogens is 3. The number of amides is 1. The van der Waals surface area contributed by atoms with Crippen LogP contribution < -0.4 is 14.8 Å². The lowest BCUT2D eigenvalue weighted by molar-refractivity contribution is -0.137. The van der Waals surface area contributed by atoms with Crippen molar-refractivity contribution in [2.75, 3.05) is 13.2 Å². The molecule has 26 heavy (non-hydrogen) atoms. The molecule has 1 heterocycles. The predicted octanol–water partition coefficient (Wildman–Crippen LogP) is 3.90. The van der Waals surface area contributed by atoms with Crippen LogP contribution in [0.15, 0.2) is 42.5 Å². The van der Waals surface area contributed by atoms with Crippen LogP contribution in [0, 0.1) is 0 Å². The largest absolute Gasteiger partial charge is 0.486 e. The van der Waals surface area contributed by atoms with Crippen LogP contribution in [0.4, 0.5) is 13.2 Å². The molecule has 0 aromatic heterocycles. The first kappa shape index (κ1) is 18.1. The highest BCUT2D eigenvalue weighted by atomic mass is 19.4. The van der Waals surface area contributed by atoms with Gasteiger partial charge in [0.15, 0.2) is 11.5 Å². The monoisotopic (exact) mass is 365 g/mol. The first-order valence-electron chi connectivity index (χ1n) is 8.18. The molecule has 2 aromatic carbocycles. The Hall–Kier alpha value is -2.70. The Labute approximate surface area is 148 Å². The molecular weight excluding hydrogens is 347 g/mol. The van der Waals surface area contributed by atoms with Crippen LogP contribution in [0.1, 0.15) is 29.7 Å². The van der Waals surface area contributed by atoms with E-state index in [-0.39, 0.29) is 18.4 Å². The van der Waals surface area contributed by atoms with E-state index < -0.39 is 11.7 Å². The average molecular weight is 365 g/mol. The van der Waals surface area contributed by atoms with Crippen LogP contribution in [0.2, 0.25) is 0 Å². The minimum atomic E-state index is -4.38. The summed E-state index contributed by atoms with van der Waals surface area (Å²) in [6.07, 6.45) is -4.37. The van der Waals surface area contributed by atoms with Crippen LogP contribution in [-0.4, -0.2) is 19.1 Å². The van der Waals surface area contributed by atoms with Crippen molar-refractivity contribution in [2.45, 2.75) is 25.6 Å². The number of carbonyl (C=O) groups is 1. The number of nitrogens with one attached hydrogen (secondary N) is 1. The van der Waals surface area contributed by atoms with E-state index in [0.29, 0.717) is 30.3 Å². The molecule has 0 radical (unpaired) electrons. The van der Waals surface area contributed by atoms with Gasteiger partial charge in [-0.1, -0.05) is 18.2 Å². The highest BCUT2D eigenvalue weighted by Gasteiger charge is 2.30. The lowest BCUT2D eigenvalue weighted by atomic mass is 10.1. The molecule has 0 bridgehead atoms. The number of alkyl halides is 3. The third-order valence-electron chi connectivity index (χ3n) is 4.09. The number of rotatable bonds is 4. The van der Waals surface area contributed by atoms with Gasteiger partial charge >= 0.3 is 6.18 Å². The average Bonchev–Trinajstić information content (AvgIpc) is 2.61. The molecule has 3 rings (SSSR count). The molecule has 1 unspecified atom stereocenters. The number of hydrogen-bond donors (Lipinski definition) is 1. The Kier molecular flexibility index (Phi) is 5.06. The molecule has 1 amide bonds. The summed E-state index contributed by atoms with van der Waals surface area (Å²) in [5, 5.41) is 2.84. The van der Waals surface area contributed by atoms with E-state index in [9.17, 15) is 18.0 Å². The van der Waals surface area contributed by atoms with E-state index in [1.165, 1.54) is 12.1 Å². The van der Waals surface area contributed by atoms with Crippen molar-refractivity contribution in [3.8, 4) is 11.5 Å². The third-order valence-corrected chi connectivity index (χ3v) is 4.09. The van der Waals surface area contributed by atoms with Crippen molar-refractivity contribution in [3.63, 3.8) is 0 Å². The van der Waals surface area contributed by atoms with E-state index in [0.717, 1.165) is 17.7 Å². The molecule has 0 saturated heterocycles. The lowest BCUT2D eigenvalue weighted by Gasteiger charge is -2.21. The number of benzene rings is 2. The highest BCUT2D eigenvalue weighted by molar-refractivity contribution is 5.79. The van der Waals surface area contributed by atoms with Gasteiger partial charge in [-0.05, 0) is 42.3 Å². The standard InChI is InChI=1S/C19H18F3NO3/c1-12(14-4-7-16-17(11-14)26-9-8-25-16)23-18(24)10-13-2-5-15(6-3-13)19(20,21)22/h2-7,11-12H,8-10H2,1H3,(H,23,24). The van der Waals surface area contributed by atoms with Gasteiger partial charge in [0, 0.05) is 0 Å². The smallest absolute Gasteiger partial charge is 0.416 e. The second-order valence-electron chi connectivity index (χ2n) is 6.06. The van der Waals surface area contributed by atoms with Crippen molar-refractivity contribution in [1.82, 2.24) is 5.32 Å². The molecule has 1 aliphatic rings. The zero-order valence-corrected chi connectivity index (χ0v) is 14.1. The fourth-order valence-electron chi connectivity index (χ4n) is 2.70. The Balaban J connectivity index is 1.61. The fourth-order valence-corrected chi connectivity index (χ4v) is 2.70. The maximum absolute atomic E-state index is 12.6. The minimum Gasteiger partial charge on any atom is -0.486 e. The van der Waals surface area contributed by atoms with Gasteiger partial charge in [-0.3, -0.25) is 4.79 Å². The second-order valence-corrected chi connectivity index (χ2v) is 6.06. The van der Waals surface area contributed by atoms with Crippen LogP contribution >= 0.6 is 0 Å². The molecular formula is C19H18F3NO3. The van der Waals surface area contributed by atoms with Crippen LogP contribution in [-0.2, 0) is 17.4 Å². The van der Waals surface area contributed by atoms with Gasteiger partial charge in [0.25, 0.3) is 0 Å². The zero-order valence-electron chi connectivity index (χ0n) is 14.1. The van der Waals surface area contributed by atoms with Crippen LogP contribution in [0.3, 0.4) is 0 Å². The summed E-state index contributed by atoms with van der Waals surface area (Å²) in [5.74, 6) is 1.04. The van der Waals surface area contributed by atoms with Crippen LogP contribution in [0.25, 0.3) is 0 Å². The van der Waals surface area contributed by atoms with E-state index in [1.807, 2.05) is 19.1 Å². The number of fused-ring (bicyclic) bond motifs is 1. The van der Waals surface area contributed by atoms with Crippen molar-refractivity contribution in [2.24, 2.45) is 0 Å². The molecule has 1 atom stereocenters. The van der Waals surface area contributed by atoms with E-state index in [2.05, 4.69) is 5.32 Å². The summed E-state index contributed by atoms with van der Waals surface area (Å²) in [6.45, 7) is 2.81. The molecule has 1 aliphatic heterocycles. The molecule has 1 N–H and O–H groups in total. The van der Waals surface area contributed by atoms with E-state index in [1.54, 1.807) is 6.07 Å². The Morgan fingerprint density at radius 3 is 2.38 bits per heavy atom. The van der Waals surface area contributed by atoms with E-state index in [4.69, 9.17) is 9.47 Å². The molecule has 4 nitrogen and oxygen atoms in total. The van der Waals surface area contributed by atoms with Gasteiger partial charge < -0.3 is 14.8 Å². The van der Waals surface area contributed by atoms with Gasteiger partial charge in [-0.25, -0.2) is 0 Å². The predicted molar refractivity (Wildman–Crippen MR) is 89.1 cm³/mol. The zero-order chi connectivity index (χ0) is 18.7. The second kappa shape index (κ2) is 7.27. The molecule has 138 valence electrons. The summed E-state index contributed by atoms with van der Waals surface area (Å²) in [5.41, 5.74) is 0.645. The Morgan fingerprint density at radius 1 is 1.08 bits per heavy atom. The molecule has 0 aliphatic carbocycles. The van der Waals surface area contributed by atoms with Crippen molar-refractivity contribution >= 4 is 5.91 Å². The Morgan fingerprint density at radius 2 is 1.73 bits per heavy atom. The van der Waals surface area contributed by atoms with Crippen molar-refractivity contribution in [3.05, 3.63) is 59.2 Å². The first-order chi connectivity index (χ1) is 12.3. The fraction of sp³-hybridized carbons (Fsp3) is 0.316. The van der Waals surface area contributed by atoms with Gasteiger partial charge in [0.1, 0.15) is 13.2 Å². The number of ether oxygens (including phenoxy) is 2. The lowest BCUT2D eigenvalue weighted by Crippen LogP contribution is -2.28. The SMILES string of the molecule is CC(NC(=O)Cc1ccc(C(F)(F)F)cc1)c1ccc2c(c1)OCCO2. The van der Waals surface area contributed by atoms with Crippen molar-refractivity contribution in [1.29, 1.82) is 0 Å². The molecule has 0 saturated carbocycles. The molecule has 2 aromatic rings. The third kappa shape index (κ3) is 4.28. The number of hydrogen-bond acceptors (Lipinski definition) is 3. The summed E-state index contributed by atoms with van der Waals surface area (Å²) in [6, 6.07) is 9.78. The van der Waals surface area contributed by atoms with Gasteiger partial charge in [-0.2, -0.15) is 13.2 Å². The normalized spacial score (nSPS) is 14.6. The van der Waals surface area contributed by atoms with Gasteiger partial charge in [-0.15, -0.1) is 0 Å². The summed E-state index contributed by atoms with van der Waals surface area (Å²) >= 11 is 0. The quantitative estimate of drug-likeness (QED) is 0.894. The van der Waals surface area contributed by atoms with Crippen molar-refractivity contribution < 1.29 is 27.4 Å². The topological polar surface area (TPSA) is 47.6 Å². The number of carbonyl (C=O) groups excluding carboxylic acids is 1. The highest BCUT2D eigenvalue weighted by Crippen LogP contribution is 2.32. The molecule has 0 spiro atoms. The van der Waals surface area contributed by atoms with Gasteiger partial charge in [0.05, 0.1) is 18.0 Å². The molecule has 7 heteroatoms. The maximum Gasteiger partial charge on any atom is 0.416 e. The van der Waals surface area contributed by atoms with Gasteiger partial charge in [0.2, 0.25) is 5.91 Å². The summed E-state index contributed by atoms with van der Waals surface area (Å²) in [7, 11) is 0. The summed E-state index contributed by atoms with van der Waals surface area (Å²) < 4.78 is 48.7. The van der Waals surface area contributed by atoms with Crippen LogP contribution in [0.5, 0.6) is 11.5 Å². The summed E-state index contributed by atoms with van der Waals surface area (Å²) in [4.78, 5) is 12.2. The maximum atomic E-state index is 12.6. The Bertz CT molecular complexity index is 788.